The Hall–Kier alpha value is -1.67. The predicted octanol–water partition coefficient (Wildman–Crippen LogP) is -2.05. The van der Waals surface area contributed by atoms with Crippen LogP contribution in [0.2, 0.25) is 0 Å². The van der Waals surface area contributed by atoms with Gasteiger partial charge < -0.3 is 16.0 Å². The topological polar surface area (TPSA) is 93.8 Å². The second-order valence-corrected chi connectivity index (χ2v) is 4.85. The minimum atomic E-state index is -0.348. The third-order valence-electron chi connectivity index (χ3n) is 3.56. The molecule has 2 rings (SSSR count). The summed E-state index contributed by atoms with van der Waals surface area (Å²) >= 11 is 0. The van der Waals surface area contributed by atoms with E-state index < -0.39 is 0 Å². The zero-order valence-electron chi connectivity index (χ0n) is 11.6. The molecule has 8 nitrogen and oxygen atoms in total. The first-order valence-corrected chi connectivity index (χ1v) is 6.94. The summed E-state index contributed by atoms with van der Waals surface area (Å²) in [5, 5.41) is 8.49. The molecule has 0 bridgehead atoms. The molecule has 20 heavy (non-hydrogen) atoms. The van der Waals surface area contributed by atoms with Crippen molar-refractivity contribution in [2.24, 2.45) is 0 Å². The summed E-state index contributed by atoms with van der Waals surface area (Å²) < 4.78 is 0. The first-order chi connectivity index (χ1) is 9.63. The Balaban J connectivity index is 1.90. The van der Waals surface area contributed by atoms with E-state index >= 15 is 0 Å². The Morgan fingerprint density at radius 2 is 2.20 bits per heavy atom. The number of imide groups is 1. The average molecular weight is 283 g/mol. The Morgan fingerprint density at radius 1 is 1.40 bits per heavy atom. The van der Waals surface area contributed by atoms with Crippen LogP contribution in [-0.2, 0) is 9.59 Å². The lowest BCUT2D eigenvalue weighted by atomic mass is 10.1. The molecule has 2 fully saturated rings. The smallest absolute Gasteiger partial charge is 0.324 e. The van der Waals surface area contributed by atoms with E-state index in [1.54, 1.807) is 0 Å². The van der Waals surface area contributed by atoms with Crippen LogP contribution in [0.5, 0.6) is 0 Å². The van der Waals surface area contributed by atoms with Crippen molar-refractivity contribution < 1.29 is 14.4 Å². The van der Waals surface area contributed by atoms with Gasteiger partial charge in [-0.1, -0.05) is 0 Å². The van der Waals surface area contributed by atoms with Crippen molar-refractivity contribution in [1.29, 1.82) is 0 Å². The number of amides is 4. The fourth-order valence-corrected chi connectivity index (χ4v) is 2.47. The van der Waals surface area contributed by atoms with Crippen LogP contribution in [-0.4, -0.2) is 79.5 Å². The molecule has 0 aromatic heterocycles. The van der Waals surface area contributed by atoms with Gasteiger partial charge in [0.05, 0.1) is 6.54 Å². The molecule has 2 heterocycles. The number of likely N-dealkylation sites (N-methyl/N-ethyl adjacent to an activating group) is 1. The molecule has 0 radical (unpaired) electrons. The zero-order chi connectivity index (χ0) is 14.5. The number of urea groups is 1. The summed E-state index contributed by atoms with van der Waals surface area (Å²) in [5.41, 5.74) is 0. The number of piperazine rings is 1. The Labute approximate surface area is 117 Å². The Morgan fingerprint density at radius 3 is 2.85 bits per heavy atom. The van der Waals surface area contributed by atoms with Crippen LogP contribution in [0.25, 0.3) is 0 Å². The summed E-state index contributed by atoms with van der Waals surface area (Å²) in [6.07, 6.45) is 0. The van der Waals surface area contributed by atoms with E-state index in [0.29, 0.717) is 26.2 Å². The molecule has 2 saturated heterocycles. The molecule has 0 aromatic carbocycles. The number of hydrogen-bond donors (Lipinski definition) is 3. The number of carbonyl (C=O) groups is 3. The van der Waals surface area contributed by atoms with E-state index in [9.17, 15) is 14.4 Å². The minimum Gasteiger partial charge on any atom is -0.355 e. The largest absolute Gasteiger partial charge is 0.355 e. The second-order valence-electron chi connectivity index (χ2n) is 4.85. The van der Waals surface area contributed by atoms with Crippen molar-refractivity contribution in [2.45, 2.75) is 13.0 Å². The van der Waals surface area contributed by atoms with E-state index in [4.69, 9.17) is 0 Å². The summed E-state index contributed by atoms with van der Waals surface area (Å²) in [7, 11) is 0. The van der Waals surface area contributed by atoms with E-state index in [1.165, 1.54) is 4.90 Å². The second kappa shape index (κ2) is 6.67. The van der Waals surface area contributed by atoms with Crippen LogP contribution in [0.15, 0.2) is 0 Å². The highest BCUT2D eigenvalue weighted by molar-refractivity contribution is 6.01. The Kier molecular flexibility index (Phi) is 4.91. The molecule has 1 atom stereocenters. The molecular formula is C12H21N5O3. The van der Waals surface area contributed by atoms with Gasteiger partial charge in [-0.25, -0.2) is 4.79 Å². The van der Waals surface area contributed by atoms with Crippen molar-refractivity contribution in [1.82, 2.24) is 25.8 Å². The minimum absolute atomic E-state index is 0.0168. The van der Waals surface area contributed by atoms with Crippen LogP contribution in [0.4, 0.5) is 4.79 Å². The molecule has 0 aliphatic carbocycles. The van der Waals surface area contributed by atoms with Gasteiger partial charge in [-0.2, -0.15) is 0 Å². The highest BCUT2D eigenvalue weighted by Crippen LogP contribution is 2.06. The highest BCUT2D eigenvalue weighted by Gasteiger charge is 2.32. The molecule has 2 aliphatic rings. The molecule has 2 aliphatic heterocycles. The van der Waals surface area contributed by atoms with E-state index in [0.717, 1.165) is 13.1 Å². The standard InChI is InChI=1S/C12H21N5O3/c1-2-14-11(19)9-7-13-3-4-16(9)5-6-17-10(18)8-15-12(17)20/h9,13H,2-8H2,1H3,(H,14,19)(H,15,20). The predicted molar refractivity (Wildman–Crippen MR) is 72.0 cm³/mol. The maximum absolute atomic E-state index is 12.0. The fraction of sp³-hybridized carbons (Fsp3) is 0.750. The van der Waals surface area contributed by atoms with Crippen molar-refractivity contribution in [3.8, 4) is 0 Å². The first kappa shape index (κ1) is 14.7. The number of rotatable bonds is 5. The van der Waals surface area contributed by atoms with Crippen molar-refractivity contribution in [3.63, 3.8) is 0 Å². The third-order valence-corrected chi connectivity index (χ3v) is 3.56. The first-order valence-electron chi connectivity index (χ1n) is 6.94. The van der Waals surface area contributed by atoms with Crippen molar-refractivity contribution in [2.75, 3.05) is 45.8 Å². The lowest BCUT2D eigenvalue weighted by Crippen LogP contribution is -2.59. The van der Waals surface area contributed by atoms with Gasteiger partial charge >= 0.3 is 6.03 Å². The Bertz CT molecular complexity index is 385. The summed E-state index contributed by atoms with van der Waals surface area (Å²) in [6.45, 7) is 5.50. The summed E-state index contributed by atoms with van der Waals surface area (Å²) in [4.78, 5) is 38.2. The molecule has 0 saturated carbocycles. The van der Waals surface area contributed by atoms with Crippen LogP contribution in [0.3, 0.4) is 0 Å². The quantitative estimate of drug-likeness (QED) is 0.505. The maximum atomic E-state index is 12.0. The van der Waals surface area contributed by atoms with Gasteiger partial charge in [0.25, 0.3) is 0 Å². The number of carbonyl (C=O) groups excluding carboxylic acids is 3. The lowest BCUT2D eigenvalue weighted by Gasteiger charge is -2.35. The van der Waals surface area contributed by atoms with Gasteiger partial charge in [-0.15, -0.1) is 0 Å². The molecule has 4 amide bonds. The van der Waals surface area contributed by atoms with E-state index in [2.05, 4.69) is 16.0 Å². The van der Waals surface area contributed by atoms with Gasteiger partial charge in [0.2, 0.25) is 11.8 Å². The van der Waals surface area contributed by atoms with Gasteiger partial charge in [0.1, 0.15) is 6.04 Å². The number of hydrogen-bond acceptors (Lipinski definition) is 5. The van der Waals surface area contributed by atoms with Crippen LogP contribution < -0.4 is 16.0 Å². The zero-order valence-corrected chi connectivity index (χ0v) is 11.6. The normalized spacial score (nSPS) is 23.9. The molecule has 112 valence electrons. The SMILES string of the molecule is CCNC(=O)C1CNCCN1CCN1C(=O)CNC1=O. The summed E-state index contributed by atoms with van der Waals surface area (Å²) in [6, 6.07) is -0.593. The monoisotopic (exact) mass is 283 g/mol. The van der Waals surface area contributed by atoms with Crippen LogP contribution in [0.1, 0.15) is 6.92 Å². The summed E-state index contributed by atoms with van der Waals surface area (Å²) in [5.74, 6) is -0.225. The van der Waals surface area contributed by atoms with Gasteiger partial charge in [-0.05, 0) is 6.92 Å². The molecule has 1 unspecified atom stereocenters. The van der Waals surface area contributed by atoms with Gasteiger partial charge in [-0.3, -0.25) is 19.4 Å². The van der Waals surface area contributed by atoms with Gasteiger partial charge in [0, 0.05) is 39.3 Å². The highest BCUT2D eigenvalue weighted by atomic mass is 16.2. The molecule has 8 heteroatoms. The van der Waals surface area contributed by atoms with E-state index in [-0.39, 0.29) is 30.4 Å². The number of nitrogens with one attached hydrogen (secondary N) is 3. The lowest BCUT2D eigenvalue weighted by molar-refractivity contribution is -0.127. The third kappa shape index (κ3) is 3.26. The fourth-order valence-electron chi connectivity index (χ4n) is 2.47. The molecule has 0 aromatic rings. The van der Waals surface area contributed by atoms with Gasteiger partial charge in [0.15, 0.2) is 0 Å². The molecular weight excluding hydrogens is 262 g/mol. The number of nitrogens with zero attached hydrogens (tertiary/aromatic N) is 2. The average Bonchev–Trinajstić information content (AvgIpc) is 2.76. The van der Waals surface area contributed by atoms with Crippen molar-refractivity contribution in [3.05, 3.63) is 0 Å². The molecule has 3 N–H and O–H groups in total. The van der Waals surface area contributed by atoms with E-state index in [1.807, 2.05) is 11.8 Å². The van der Waals surface area contributed by atoms with Crippen LogP contribution >= 0.6 is 0 Å². The maximum Gasteiger partial charge on any atom is 0.324 e. The van der Waals surface area contributed by atoms with Crippen molar-refractivity contribution >= 4 is 17.8 Å². The molecule has 0 spiro atoms. The van der Waals surface area contributed by atoms with Crippen LogP contribution in [0, 0.1) is 0 Å².